The number of nitrogens with zero attached hydrogens (tertiary/aromatic N) is 1. The highest BCUT2D eigenvalue weighted by Gasteiger charge is 2.24. The Morgan fingerprint density at radius 1 is 1.19 bits per heavy atom. The van der Waals surface area contributed by atoms with E-state index in [1.165, 1.54) is 12.1 Å². The van der Waals surface area contributed by atoms with Crippen LogP contribution in [0.2, 0.25) is 0 Å². The zero-order chi connectivity index (χ0) is 17.8. The minimum atomic E-state index is -0.268. The fraction of sp³-hybridized carbons (Fsp3) is 0.316. The second kappa shape index (κ2) is 8.87. The number of nitrogens with one attached hydrogen (secondary N) is 2. The first-order chi connectivity index (χ1) is 12.1. The molecule has 2 aromatic rings. The molecular weight excluding hydrogens is 357 g/mol. The number of ether oxygens (including phenoxy) is 1. The van der Waals surface area contributed by atoms with Gasteiger partial charge in [0.2, 0.25) is 0 Å². The number of benzene rings is 2. The first-order valence-corrected chi connectivity index (χ1v) is 8.22. The van der Waals surface area contributed by atoms with Crippen molar-refractivity contribution in [1.82, 2.24) is 15.5 Å². The van der Waals surface area contributed by atoms with Crippen LogP contribution in [0.15, 0.2) is 42.5 Å². The molecule has 140 valence electrons. The molecule has 0 aliphatic carbocycles. The SMILES string of the molecule is CNC(CNC(=O)N1Cc2ccc(F)cc2C1)c1ccc(OC)cc1.Cl. The summed E-state index contributed by atoms with van der Waals surface area (Å²) in [6.07, 6.45) is 0. The van der Waals surface area contributed by atoms with Crippen LogP contribution in [0.4, 0.5) is 9.18 Å². The normalized spacial score (nSPS) is 13.6. The van der Waals surface area contributed by atoms with E-state index in [2.05, 4.69) is 10.6 Å². The van der Waals surface area contributed by atoms with Crippen molar-refractivity contribution in [1.29, 1.82) is 0 Å². The van der Waals surface area contributed by atoms with Crippen molar-refractivity contribution in [3.63, 3.8) is 0 Å². The Hall–Kier alpha value is -2.31. The molecule has 2 amide bonds. The molecule has 3 rings (SSSR count). The maximum atomic E-state index is 13.3. The van der Waals surface area contributed by atoms with Crippen molar-refractivity contribution in [3.8, 4) is 5.75 Å². The molecule has 0 aromatic heterocycles. The molecule has 1 aliphatic heterocycles. The number of carbonyl (C=O) groups excluding carboxylic acids is 1. The van der Waals surface area contributed by atoms with Crippen LogP contribution in [0.3, 0.4) is 0 Å². The average Bonchev–Trinajstić information content (AvgIpc) is 3.05. The van der Waals surface area contributed by atoms with E-state index in [1.54, 1.807) is 18.1 Å². The smallest absolute Gasteiger partial charge is 0.318 e. The third-order valence-corrected chi connectivity index (χ3v) is 4.50. The van der Waals surface area contributed by atoms with Gasteiger partial charge in [0.1, 0.15) is 11.6 Å². The van der Waals surface area contributed by atoms with Gasteiger partial charge in [-0.25, -0.2) is 9.18 Å². The van der Waals surface area contributed by atoms with Crippen molar-refractivity contribution in [2.75, 3.05) is 20.7 Å². The zero-order valence-electron chi connectivity index (χ0n) is 14.8. The van der Waals surface area contributed by atoms with Gasteiger partial charge in [0.15, 0.2) is 0 Å². The molecule has 5 nitrogen and oxygen atoms in total. The largest absolute Gasteiger partial charge is 0.497 e. The number of likely N-dealkylation sites (N-methyl/N-ethyl adjacent to an activating group) is 1. The molecule has 1 atom stereocenters. The maximum absolute atomic E-state index is 13.3. The van der Waals surface area contributed by atoms with Gasteiger partial charge in [0.05, 0.1) is 7.11 Å². The van der Waals surface area contributed by atoms with Crippen molar-refractivity contribution < 1.29 is 13.9 Å². The fourth-order valence-electron chi connectivity index (χ4n) is 3.03. The third kappa shape index (κ3) is 4.45. The van der Waals surface area contributed by atoms with Crippen molar-refractivity contribution in [3.05, 3.63) is 65.0 Å². The van der Waals surface area contributed by atoms with Crippen molar-refractivity contribution in [2.45, 2.75) is 19.1 Å². The van der Waals surface area contributed by atoms with Gasteiger partial charge in [-0.05, 0) is 48.0 Å². The van der Waals surface area contributed by atoms with Gasteiger partial charge in [0, 0.05) is 25.7 Å². The standard InChI is InChI=1S/C19H22FN3O2.ClH/c1-21-18(13-4-7-17(25-2)8-5-13)10-22-19(24)23-11-14-3-6-16(20)9-15(14)12-23;/h3-9,18,21H,10-12H2,1-2H3,(H,22,24);1H. The van der Waals surface area contributed by atoms with Crippen LogP contribution in [-0.2, 0) is 13.1 Å². The van der Waals surface area contributed by atoms with E-state index in [4.69, 9.17) is 4.74 Å². The number of halogens is 2. The van der Waals surface area contributed by atoms with Crippen LogP contribution in [0.5, 0.6) is 5.75 Å². The molecule has 0 radical (unpaired) electrons. The van der Waals surface area contributed by atoms with E-state index < -0.39 is 0 Å². The Labute approximate surface area is 158 Å². The molecule has 0 fully saturated rings. The summed E-state index contributed by atoms with van der Waals surface area (Å²) in [4.78, 5) is 14.1. The molecule has 0 bridgehead atoms. The molecule has 26 heavy (non-hydrogen) atoms. The van der Waals surface area contributed by atoms with E-state index in [0.717, 1.165) is 22.4 Å². The molecule has 2 aromatic carbocycles. The number of hydrogen-bond donors (Lipinski definition) is 2. The van der Waals surface area contributed by atoms with Gasteiger partial charge in [-0.3, -0.25) is 0 Å². The van der Waals surface area contributed by atoms with E-state index in [1.807, 2.05) is 31.3 Å². The number of methoxy groups -OCH3 is 1. The van der Waals surface area contributed by atoms with Crippen LogP contribution in [-0.4, -0.2) is 31.6 Å². The minimum Gasteiger partial charge on any atom is -0.497 e. The monoisotopic (exact) mass is 379 g/mol. The molecule has 1 heterocycles. The highest BCUT2D eigenvalue weighted by atomic mass is 35.5. The molecule has 2 N–H and O–H groups in total. The Kier molecular flexibility index (Phi) is 6.83. The highest BCUT2D eigenvalue weighted by molar-refractivity contribution is 5.85. The summed E-state index contributed by atoms with van der Waals surface area (Å²) in [6, 6.07) is 12.3. The van der Waals surface area contributed by atoms with E-state index >= 15 is 0 Å². The highest BCUT2D eigenvalue weighted by Crippen LogP contribution is 2.23. The Morgan fingerprint density at radius 3 is 2.54 bits per heavy atom. The predicted molar refractivity (Wildman–Crippen MR) is 101 cm³/mol. The summed E-state index contributed by atoms with van der Waals surface area (Å²) >= 11 is 0. The lowest BCUT2D eigenvalue weighted by molar-refractivity contribution is 0.197. The number of rotatable bonds is 5. The molecule has 0 saturated carbocycles. The van der Waals surface area contributed by atoms with Gasteiger partial charge in [-0.15, -0.1) is 12.4 Å². The Morgan fingerprint density at radius 2 is 1.88 bits per heavy atom. The van der Waals surface area contributed by atoms with Gasteiger partial charge in [-0.1, -0.05) is 18.2 Å². The van der Waals surface area contributed by atoms with Crippen LogP contribution in [0, 0.1) is 5.82 Å². The number of carbonyl (C=O) groups is 1. The summed E-state index contributed by atoms with van der Waals surface area (Å²) in [6.45, 7) is 1.41. The van der Waals surface area contributed by atoms with Gasteiger partial charge in [0.25, 0.3) is 0 Å². The molecule has 0 spiro atoms. The predicted octanol–water partition coefficient (Wildman–Crippen LogP) is 3.24. The van der Waals surface area contributed by atoms with E-state index in [9.17, 15) is 9.18 Å². The van der Waals surface area contributed by atoms with Crippen molar-refractivity contribution in [2.24, 2.45) is 0 Å². The lowest BCUT2D eigenvalue weighted by atomic mass is 10.1. The van der Waals surface area contributed by atoms with Gasteiger partial charge in [-0.2, -0.15) is 0 Å². The zero-order valence-corrected chi connectivity index (χ0v) is 15.6. The molecule has 1 unspecified atom stereocenters. The summed E-state index contributed by atoms with van der Waals surface area (Å²) in [5, 5.41) is 6.15. The average molecular weight is 380 g/mol. The van der Waals surface area contributed by atoms with Crippen LogP contribution < -0.4 is 15.4 Å². The third-order valence-electron chi connectivity index (χ3n) is 4.50. The summed E-state index contributed by atoms with van der Waals surface area (Å²) in [5.74, 6) is 0.528. The van der Waals surface area contributed by atoms with Crippen LogP contribution in [0.25, 0.3) is 0 Å². The minimum absolute atomic E-state index is 0. The first kappa shape index (κ1) is 20.0. The lowest BCUT2D eigenvalue weighted by Crippen LogP contribution is -2.40. The fourth-order valence-corrected chi connectivity index (χ4v) is 3.03. The Balaban J connectivity index is 0.00000243. The Bertz CT molecular complexity index is 755. The molecular formula is C19H23ClFN3O2. The number of amides is 2. The lowest BCUT2D eigenvalue weighted by Gasteiger charge is -2.21. The van der Waals surface area contributed by atoms with Crippen molar-refractivity contribution >= 4 is 18.4 Å². The topological polar surface area (TPSA) is 53.6 Å². The molecule has 7 heteroatoms. The number of hydrogen-bond acceptors (Lipinski definition) is 3. The quantitative estimate of drug-likeness (QED) is 0.838. The van der Waals surface area contributed by atoms with Crippen LogP contribution >= 0.6 is 12.4 Å². The summed E-state index contributed by atoms with van der Waals surface area (Å²) in [5.41, 5.74) is 2.93. The van der Waals surface area contributed by atoms with Gasteiger partial charge < -0.3 is 20.3 Å². The van der Waals surface area contributed by atoms with Crippen LogP contribution in [0.1, 0.15) is 22.7 Å². The summed E-state index contributed by atoms with van der Waals surface area (Å²) in [7, 11) is 3.49. The number of urea groups is 1. The molecule has 1 aliphatic rings. The second-order valence-corrected chi connectivity index (χ2v) is 6.07. The molecule has 0 saturated heterocycles. The second-order valence-electron chi connectivity index (χ2n) is 6.07. The van der Waals surface area contributed by atoms with E-state index in [0.29, 0.717) is 19.6 Å². The maximum Gasteiger partial charge on any atom is 0.318 e. The summed E-state index contributed by atoms with van der Waals surface area (Å²) < 4.78 is 18.5. The number of fused-ring (bicyclic) bond motifs is 1. The first-order valence-electron chi connectivity index (χ1n) is 8.22. The van der Waals surface area contributed by atoms with Gasteiger partial charge >= 0.3 is 6.03 Å². The van der Waals surface area contributed by atoms with E-state index in [-0.39, 0.29) is 30.3 Å².